The van der Waals surface area contributed by atoms with Crippen molar-refractivity contribution in [3.05, 3.63) is 70.8 Å². The number of carbonyl (C=O) groups excluding carboxylic acids is 1. The molecular formula is C28H31FN4O3. The molecule has 1 aliphatic rings. The third-order valence-electron chi connectivity index (χ3n) is 6.67. The Labute approximate surface area is 211 Å². The van der Waals surface area contributed by atoms with Crippen LogP contribution in [-0.2, 0) is 12.0 Å². The van der Waals surface area contributed by atoms with Crippen LogP contribution in [0.1, 0.15) is 61.8 Å². The Balaban J connectivity index is 1.74. The second-order valence-electron chi connectivity index (χ2n) is 10.2. The van der Waals surface area contributed by atoms with Gasteiger partial charge < -0.3 is 14.4 Å². The summed E-state index contributed by atoms with van der Waals surface area (Å²) in [6, 6.07) is 11.5. The van der Waals surface area contributed by atoms with Crippen LogP contribution in [0.5, 0.6) is 11.5 Å². The lowest BCUT2D eigenvalue weighted by atomic mass is 9.83. The van der Waals surface area contributed by atoms with Gasteiger partial charge in [0.05, 0.1) is 30.2 Å². The fourth-order valence-electron chi connectivity index (χ4n) is 4.44. The smallest absolute Gasteiger partial charge is 0.261 e. The second kappa shape index (κ2) is 9.65. The van der Waals surface area contributed by atoms with Crippen molar-refractivity contribution in [3.8, 4) is 23.3 Å². The molecule has 7 nitrogen and oxygen atoms in total. The molecule has 8 heteroatoms. The van der Waals surface area contributed by atoms with E-state index in [-0.39, 0.29) is 40.6 Å². The van der Waals surface area contributed by atoms with Crippen molar-refractivity contribution in [2.24, 2.45) is 5.92 Å². The molecule has 1 atom stereocenters. The lowest BCUT2D eigenvalue weighted by molar-refractivity contribution is 0.0671. The van der Waals surface area contributed by atoms with Crippen LogP contribution in [0, 0.1) is 23.1 Å². The summed E-state index contributed by atoms with van der Waals surface area (Å²) in [5.74, 6) is 0.238. The average Bonchev–Trinajstić information content (AvgIpc) is 3.28. The summed E-state index contributed by atoms with van der Waals surface area (Å²) < 4.78 is 26.9. The monoisotopic (exact) mass is 490 g/mol. The zero-order valence-corrected chi connectivity index (χ0v) is 21.5. The summed E-state index contributed by atoms with van der Waals surface area (Å²) in [6.45, 7) is 10.9. The molecule has 3 aromatic rings. The van der Waals surface area contributed by atoms with Gasteiger partial charge in [-0.2, -0.15) is 10.4 Å². The van der Waals surface area contributed by atoms with Gasteiger partial charge in [0.2, 0.25) is 0 Å². The Morgan fingerprint density at radius 3 is 2.47 bits per heavy atom. The van der Waals surface area contributed by atoms with Crippen LogP contribution in [-0.4, -0.2) is 40.3 Å². The van der Waals surface area contributed by atoms with Gasteiger partial charge in [-0.05, 0) is 49.2 Å². The van der Waals surface area contributed by atoms with Gasteiger partial charge >= 0.3 is 0 Å². The van der Waals surface area contributed by atoms with Gasteiger partial charge in [0.25, 0.3) is 5.91 Å². The molecule has 1 amide bonds. The average molecular weight is 491 g/mol. The lowest BCUT2D eigenvalue weighted by Gasteiger charge is -2.37. The predicted octanol–water partition coefficient (Wildman–Crippen LogP) is 5.25. The number of ether oxygens (including phenoxy) is 2. The van der Waals surface area contributed by atoms with Crippen molar-refractivity contribution in [2.45, 2.75) is 52.7 Å². The maximum Gasteiger partial charge on any atom is 0.261 e. The number of aromatic nitrogens is 2. The zero-order chi connectivity index (χ0) is 26.2. The molecule has 0 spiro atoms. The second-order valence-corrected chi connectivity index (χ2v) is 10.2. The molecule has 0 N–H and O–H groups in total. The van der Waals surface area contributed by atoms with E-state index in [2.05, 4.69) is 6.07 Å². The number of halogens is 1. The number of amides is 1. The maximum atomic E-state index is 14.0. The summed E-state index contributed by atoms with van der Waals surface area (Å²) in [5, 5.41) is 14.4. The van der Waals surface area contributed by atoms with Crippen molar-refractivity contribution in [1.82, 2.24) is 14.7 Å². The van der Waals surface area contributed by atoms with E-state index in [9.17, 15) is 14.4 Å². The highest BCUT2D eigenvalue weighted by Crippen LogP contribution is 2.38. The summed E-state index contributed by atoms with van der Waals surface area (Å²) in [4.78, 5) is 15.8. The number of nitrogens with zero attached hydrogens (tertiary/aromatic N) is 4. The van der Waals surface area contributed by atoms with Crippen LogP contribution in [0.15, 0.2) is 42.6 Å². The summed E-state index contributed by atoms with van der Waals surface area (Å²) >= 11 is 0. The number of benzene rings is 2. The lowest BCUT2D eigenvalue weighted by Crippen LogP contribution is -2.45. The van der Waals surface area contributed by atoms with Gasteiger partial charge in [-0.15, -0.1) is 0 Å². The Kier molecular flexibility index (Phi) is 6.77. The third kappa shape index (κ3) is 4.66. The highest BCUT2D eigenvalue weighted by Gasteiger charge is 2.39. The molecule has 0 aliphatic carbocycles. The van der Waals surface area contributed by atoms with E-state index in [0.717, 1.165) is 16.9 Å². The Bertz CT molecular complexity index is 1320. The molecule has 2 aromatic carbocycles. The van der Waals surface area contributed by atoms with Crippen LogP contribution in [0.4, 0.5) is 4.39 Å². The van der Waals surface area contributed by atoms with Gasteiger partial charge in [0, 0.05) is 30.3 Å². The fraction of sp³-hybridized carbons (Fsp3) is 0.393. The number of nitriles is 1. The molecule has 36 heavy (non-hydrogen) atoms. The molecule has 0 radical (unpaired) electrons. The van der Waals surface area contributed by atoms with Crippen LogP contribution in [0.2, 0.25) is 0 Å². The first kappa shape index (κ1) is 25.2. The predicted molar refractivity (Wildman–Crippen MR) is 134 cm³/mol. The molecule has 4 rings (SSSR count). The van der Waals surface area contributed by atoms with E-state index in [0.29, 0.717) is 18.8 Å². The van der Waals surface area contributed by atoms with Gasteiger partial charge in [0.15, 0.2) is 5.75 Å². The first-order valence-corrected chi connectivity index (χ1v) is 12.0. The third-order valence-corrected chi connectivity index (χ3v) is 6.67. The Morgan fingerprint density at radius 2 is 1.86 bits per heavy atom. The standard InChI is InChI=1S/C28H31FN4O3/c1-17(2)18(3)36-23-12-7-19(13-30)25(35-6)24(23)27(34)32-14-20-15-33(22-10-8-21(29)9-11-22)31-26(20)28(4,5)16-32/h7-12,15,17-18H,14,16H2,1-6H3. The number of hydrogen-bond donors (Lipinski definition) is 0. The van der Waals surface area contributed by atoms with Crippen molar-refractivity contribution in [1.29, 1.82) is 5.26 Å². The van der Waals surface area contributed by atoms with E-state index < -0.39 is 5.41 Å². The van der Waals surface area contributed by atoms with Gasteiger partial charge in [-0.1, -0.05) is 27.7 Å². The molecule has 1 aromatic heterocycles. The number of hydrogen-bond acceptors (Lipinski definition) is 5. The molecule has 0 fully saturated rings. The van der Waals surface area contributed by atoms with Crippen molar-refractivity contribution in [3.63, 3.8) is 0 Å². The molecule has 1 unspecified atom stereocenters. The fourth-order valence-corrected chi connectivity index (χ4v) is 4.44. The Hall–Kier alpha value is -3.86. The minimum absolute atomic E-state index is 0.146. The van der Waals surface area contributed by atoms with Crippen molar-refractivity contribution < 1.29 is 18.7 Å². The summed E-state index contributed by atoms with van der Waals surface area (Å²) in [5.41, 5.74) is 2.60. The van der Waals surface area contributed by atoms with Crippen molar-refractivity contribution in [2.75, 3.05) is 13.7 Å². The van der Waals surface area contributed by atoms with E-state index in [4.69, 9.17) is 14.6 Å². The number of fused-ring (bicyclic) bond motifs is 1. The van der Waals surface area contributed by atoms with Crippen LogP contribution in [0.25, 0.3) is 5.69 Å². The molecule has 188 valence electrons. The quantitative estimate of drug-likeness (QED) is 0.472. The number of rotatable bonds is 6. The molecule has 0 bridgehead atoms. The molecule has 0 saturated heterocycles. The van der Waals surface area contributed by atoms with Gasteiger partial charge in [0.1, 0.15) is 23.2 Å². The summed E-state index contributed by atoms with van der Waals surface area (Å²) in [7, 11) is 1.45. The molecule has 2 heterocycles. The van der Waals surface area contributed by atoms with Gasteiger partial charge in [-0.25, -0.2) is 9.07 Å². The van der Waals surface area contributed by atoms with E-state index in [1.807, 2.05) is 40.8 Å². The first-order chi connectivity index (χ1) is 17.1. The Morgan fingerprint density at radius 1 is 1.17 bits per heavy atom. The van der Waals surface area contributed by atoms with Crippen LogP contribution in [0.3, 0.4) is 0 Å². The minimum atomic E-state index is -0.444. The molecule has 0 saturated carbocycles. The largest absolute Gasteiger partial charge is 0.494 e. The van der Waals surface area contributed by atoms with Crippen molar-refractivity contribution >= 4 is 5.91 Å². The van der Waals surface area contributed by atoms with E-state index in [1.165, 1.54) is 19.2 Å². The number of carbonyl (C=O) groups is 1. The normalized spacial score (nSPS) is 15.2. The highest BCUT2D eigenvalue weighted by atomic mass is 19.1. The topological polar surface area (TPSA) is 80.4 Å². The van der Waals surface area contributed by atoms with E-state index >= 15 is 0 Å². The zero-order valence-electron chi connectivity index (χ0n) is 21.5. The SMILES string of the molecule is COc1c(C#N)ccc(OC(C)C(C)C)c1C(=O)N1Cc2cn(-c3ccc(F)cc3)nc2C(C)(C)C1. The highest BCUT2D eigenvalue weighted by molar-refractivity contribution is 6.00. The molecular weight excluding hydrogens is 459 g/mol. The molecule has 1 aliphatic heterocycles. The summed E-state index contributed by atoms with van der Waals surface area (Å²) in [6.07, 6.45) is 1.73. The number of methoxy groups -OCH3 is 1. The minimum Gasteiger partial charge on any atom is -0.494 e. The van der Waals surface area contributed by atoms with E-state index in [1.54, 1.807) is 33.8 Å². The van der Waals surface area contributed by atoms with Gasteiger partial charge in [-0.3, -0.25) is 4.79 Å². The maximum absolute atomic E-state index is 14.0. The van der Waals surface area contributed by atoms with Crippen LogP contribution >= 0.6 is 0 Å². The van der Waals surface area contributed by atoms with Crippen LogP contribution < -0.4 is 9.47 Å². The first-order valence-electron chi connectivity index (χ1n) is 12.0.